The minimum absolute atomic E-state index is 0.143. The maximum Gasteiger partial charge on any atom is 0.325 e. The number of aromatic nitrogens is 2. The number of fused-ring (bicyclic) bond motifs is 1. The molecule has 3 amide bonds. The molecule has 0 bridgehead atoms. The summed E-state index contributed by atoms with van der Waals surface area (Å²) in [7, 11) is 1.52. The number of hydrogen-bond donors (Lipinski definition) is 1. The molecule has 1 atom stereocenters. The van der Waals surface area contributed by atoms with Gasteiger partial charge in [0, 0.05) is 12.8 Å². The Morgan fingerprint density at radius 1 is 1.23 bits per heavy atom. The number of amides is 3. The fourth-order valence-electron chi connectivity index (χ4n) is 3.85. The average molecular weight is 354 g/mol. The van der Waals surface area contributed by atoms with Crippen molar-refractivity contribution in [2.45, 2.75) is 38.3 Å². The minimum atomic E-state index is -1.02. The van der Waals surface area contributed by atoms with Gasteiger partial charge >= 0.3 is 6.03 Å². The zero-order valence-corrected chi connectivity index (χ0v) is 15.0. The molecule has 0 saturated carbocycles. The zero-order chi connectivity index (χ0) is 18.3. The summed E-state index contributed by atoms with van der Waals surface area (Å²) in [4.78, 5) is 26.3. The van der Waals surface area contributed by atoms with E-state index in [1.54, 1.807) is 6.92 Å². The van der Waals surface area contributed by atoms with Crippen LogP contribution in [0.2, 0.25) is 0 Å². The van der Waals surface area contributed by atoms with Gasteiger partial charge in [0.1, 0.15) is 5.54 Å². The van der Waals surface area contributed by atoms with Crippen LogP contribution in [0.15, 0.2) is 30.3 Å². The number of imide groups is 1. The van der Waals surface area contributed by atoms with Gasteiger partial charge in [-0.3, -0.25) is 9.69 Å². The predicted molar refractivity (Wildman–Crippen MR) is 95.0 cm³/mol. The molecule has 2 aromatic rings. The number of hydrogen-bond acceptors (Lipinski definition) is 4. The predicted octanol–water partition coefficient (Wildman–Crippen LogP) is 1.82. The van der Waals surface area contributed by atoms with Crippen LogP contribution >= 0.6 is 0 Å². The highest BCUT2D eigenvalue weighted by Gasteiger charge is 2.48. The van der Waals surface area contributed by atoms with E-state index in [2.05, 4.69) is 5.32 Å². The van der Waals surface area contributed by atoms with Crippen molar-refractivity contribution in [3.05, 3.63) is 47.3 Å². The third kappa shape index (κ3) is 2.59. The first kappa shape index (κ1) is 16.8. The van der Waals surface area contributed by atoms with Crippen LogP contribution in [0.5, 0.6) is 0 Å². The molecule has 1 saturated heterocycles. The number of carbonyl (C=O) groups is 2. The number of para-hydroxylation sites is 1. The molecule has 2 aliphatic rings. The minimum Gasteiger partial charge on any atom is -0.382 e. The fraction of sp³-hybridized carbons (Fsp3) is 0.421. The van der Waals surface area contributed by atoms with Gasteiger partial charge in [-0.2, -0.15) is 5.10 Å². The lowest BCUT2D eigenvalue weighted by Crippen LogP contribution is -2.47. The molecule has 2 heterocycles. The van der Waals surface area contributed by atoms with Crippen LogP contribution in [0.1, 0.15) is 30.3 Å². The Labute approximate surface area is 151 Å². The molecule has 4 rings (SSSR count). The van der Waals surface area contributed by atoms with E-state index in [1.165, 1.54) is 17.7 Å². The van der Waals surface area contributed by atoms with E-state index in [9.17, 15) is 9.59 Å². The number of benzene rings is 1. The zero-order valence-electron chi connectivity index (χ0n) is 15.0. The van der Waals surface area contributed by atoms with Crippen LogP contribution in [-0.2, 0) is 28.9 Å². The quantitative estimate of drug-likeness (QED) is 0.831. The van der Waals surface area contributed by atoms with Crippen molar-refractivity contribution >= 4 is 11.9 Å². The van der Waals surface area contributed by atoms with Gasteiger partial charge in [-0.1, -0.05) is 18.2 Å². The molecular formula is C19H22N4O3. The first-order valence-corrected chi connectivity index (χ1v) is 8.81. The van der Waals surface area contributed by atoms with Crippen molar-refractivity contribution in [1.29, 1.82) is 0 Å². The lowest BCUT2D eigenvalue weighted by molar-refractivity contribution is -0.132. The van der Waals surface area contributed by atoms with E-state index in [1.807, 2.05) is 35.0 Å². The first-order chi connectivity index (χ1) is 12.5. The Hall–Kier alpha value is -2.67. The van der Waals surface area contributed by atoms with Crippen LogP contribution in [-0.4, -0.2) is 45.9 Å². The van der Waals surface area contributed by atoms with Gasteiger partial charge in [0.2, 0.25) is 0 Å². The number of methoxy groups -OCH3 is 1. The normalized spacial score (nSPS) is 22.0. The smallest absolute Gasteiger partial charge is 0.325 e. The fourth-order valence-corrected chi connectivity index (χ4v) is 3.85. The number of nitrogens with one attached hydrogen (secondary N) is 1. The SMILES string of the molecule is COC[C@@]1(C)NC(=O)N(Cc2nn(-c3ccccc3)c3c2CCC3)C1=O. The third-order valence-electron chi connectivity index (χ3n) is 5.10. The van der Waals surface area contributed by atoms with Gasteiger partial charge in [-0.15, -0.1) is 0 Å². The van der Waals surface area contributed by atoms with Crippen molar-refractivity contribution in [1.82, 2.24) is 20.0 Å². The van der Waals surface area contributed by atoms with Crippen LogP contribution in [0.3, 0.4) is 0 Å². The Kier molecular flexibility index (Phi) is 4.03. The van der Waals surface area contributed by atoms with Crippen molar-refractivity contribution in [3.63, 3.8) is 0 Å². The number of rotatable bonds is 5. The summed E-state index contributed by atoms with van der Waals surface area (Å²) >= 11 is 0. The summed E-state index contributed by atoms with van der Waals surface area (Å²) in [6, 6.07) is 9.56. The van der Waals surface area contributed by atoms with Crippen molar-refractivity contribution in [2.75, 3.05) is 13.7 Å². The van der Waals surface area contributed by atoms with Gasteiger partial charge in [-0.05, 0) is 43.9 Å². The van der Waals surface area contributed by atoms with Crippen LogP contribution in [0.25, 0.3) is 5.69 Å². The Balaban J connectivity index is 1.66. The maximum absolute atomic E-state index is 12.7. The number of nitrogens with zero attached hydrogens (tertiary/aromatic N) is 3. The second kappa shape index (κ2) is 6.25. The molecule has 7 heteroatoms. The molecule has 0 spiro atoms. The Morgan fingerprint density at radius 2 is 2.00 bits per heavy atom. The molecule has 136 valence electrons. The van der Waals surface area contributed by atoms with Gasteiger partial charge in [0.25, 0.3) is 5.91 Å². The van der Waals surface area contributed by atoms with Gasteiger partial charge in [0.15, 0.2) is 0 Å². The lowest BCUT2D eigenvalue weighted by atomic mass is 10.0. The molecule has 1 N–H and O–H groups in total. The third-order valence-corrected chi connectivity index (χ3v) is 5.10. The second-order valence-corrected chi connectivity index (χ2v) is 7.06. The Morgan fingerprint density at radius 3 is 2.73 bits per heavy atom. The van der Waals surface area contributed by atoms with Crippen LogP contribution < -0.4 is 5.32 Å². The maximum atomic E-state index is 12.7. The summed E-state index contributed by atoms with van der Waals surface area (Å²) in [5.74, 6) is -0.273. The van der Waals surface area contributed by atoms with E-state index in [0.717, 1.165) is 36.2 Å². The Bertz CT molecular complexity index is 861. The van der Waals surface area contributed by atoms with E-state index >= 15 is 0 Å². The number of urea groups is 1. The molecule has 1 fully saturated rings. The molecule has 7 nitrogen and oxygen atoms in total. The number of ether oxygens (including phenoxy) is 1. The van der Waals surface area contributed by atoms with Crippen LogP contribution in [0.4, 0.5) is 4.79 Å². The summed E-state index contributed by atoms with van der Waals surface area (Å²) in [6.45, 7) is 2.01. The standard InChI is InChI=1S/C19H22N4O3/c1-19(12-26-2)17(24)22(18(25)20-19)11-15-14-9-6-10-16(14)23(21-15)13-7-4-3-5-8-13/h3-5,7-8H,6,9-12H2,1-2H3,(H,20,25)/t19-/m1/s1. The number of carbonyl (C=O) groups excluding carboxylic acids is 2. The molecule has 1 aliphatic heterocycles. The molecule has 0 unspecified atom stereocenters. The highest BCUT2D eigenvalue weighted by atomic mass is 16.5. The summed E-state index contributed by atoms with van der Waals surface area (Å²) in [5, 5.41) is 7.48. The second-order valence-electron chi connectivity index (χ2n) is 7.06. The van der Waals surface area contributed by atoms with E-state index in [0.29, 0.717) is 0 Å². The van der Waals surface area contributed by atoms with E-state index < -0.39 is 11.6 Å². The van der Waals surface area contributed by atoms with Gasteiger partial charge < -0.3 is 10.1 Å². The molecular weight excluding hydrogens is 332 g/mol. The molecule has 1 aliphatic carbocycles. The molecule has 1 aromatic heterocycles. The van der Waals surface area contributed by atoms with Gasteiger partial charge in [-0.25, -0.2) is 9.48 Å². The molecule has 26 heavy (non-hydrogen) atoms. The van der Waals surface area contributed by atoms with Crippen molar-refractivity contribution in [3.8, 4) is 5.69 Å². The van der Waals surface area contributed by atoms with E-state index in [-0.39, 0.29) is 19.1 Å². The van der Waals surface area contributed by atoms with Gasteiger partial charge in [0.05, 0.1) is 24.5 Å². The average Bonchev–Trinajstić information content (AvgIpc) is 3.27. The van der Waals surface area contributed by atoms with Crippen molar-refractivity contribution < 1.29 is 14.3 Å². The van der Waals surface area contributed by atoms with E-state index in [4.69, 9.17) is 9.84 Å². The topological polar surface area (TPSA) is 76.5 Å². The van der Waals surface area contributed by atoms with Crippen LogP contribution in [0, 0.1) is 0 Å². The summed E-state index contributed by atoms with van der Waals surface area (Å²) in [6.07, 6.45) is 2.95. The first-order valence-electron chi connectivity index (χ1n) is 8.81. The highest BCUT2D eigenvalue weighted by Crippen LogP contribution is 2.30. The molecule has 0 radical (unpaired) electrons. The van der Waals surface area contributed by atoms with Crippen molar-refractivity contribution in [2.24, 2.45) is 0 Å². The largest absolute Gasteiger partial charge is 0.382 e. The summed E-state index contributed by atoms with van der Waals surface area (Å²) in [5.41, 5.74) is 3.12. The molecule has 1 aromatic carbocycles. The lowest BCUT2D eigenvalue weighted by Gasteiger charge is -2.20. The summed E-state index contributed by atoms with van der Waals surface area (Å²) < 4.78 is 7.05. The highest BCUT2D eigenvalue weighted by molar-refractivity contribution is 6.06. The monoisotopic (exact) mass is 354 g/mol.